The molecule has 110 valence electrons. The van der Waals surface area contributed by atoms with E-state index in [1.807, 2.05) is 6.07 Å². The summed E-state index contributed by atoms with van der Waals surface area (Å²) in [4.78, 5) is 0. The van der Waals surface area contributed by atoms with Gasteiger partial charge >= 0.3 is 0 Å². The van der Waals surface area contributed by atoms with E-state index in [0.29, 0.717) is 5.41 Å². The van der Waals surface area contributed by atoms with Crippen LogP contribution in [-0.2, 0) is 6.54 Å². The third-order valence-electron chi connectivity index (χ3n) is 4.38. The van der Waals surface area contributed by atoms with E-state index < -0.39 is 0 Å². The zero-order valence-corrected chi connectivity index (χ0v) is 12.4. The van der Waals surface area contributed by atoms with Crippen LogP contribution in [0.3, 0.4) is 0 Å². The fraction of sp³-hybridized carbons (Fsp3) is 0.647. The van der Waals surface area contributed by atoms with Crippen LogP contribution >= 0.6 is 0 Å². The van der Waals surface area contributed by atoms with Crippen LogP contribution in [0, 0.1) is 5.41 Å². The van der Waals surface area contributed by atoms with Gasteiger partial charge in [-0.2, -0.15) is 0 Å². The topological polar surface area (TPSA) is 30.5 Å². The predicted octanol–water partition coefficient (Wildman–Crippen LogP) is 3.52. The Labute approximate surface area is 121 Å². The van der Waals surface area contributed by atoms with Gasteiger partial charge in [0.1, 0.15) is 0 Å². The Morgan fingerprint density at radius 1 is 1.15 bits per heavy atom. The summed E-state index contributed by atoms with van der Waals surface area (Å²) in [6.07, 6.45) is 6.42. The summed E-state index contributed by atoms with van der Waals surface area (Å²) >= 11 is 0. The van der Waals surface area contributed by atoms with Gasteiger partial charge in [0.05, 0.1) is 13.2 Å². The molecule has 20 heavy (non-hydrogen) atoms. The molecule has 0 unspecified atom stereocenters. The van der Waals surface area contributed by atoms with Gasteiger partial charge in [0.15, 0.2) is 11.5 Å². The maximum atomic E-state index is 5.73. The molecule has 1 aromatic rings. The Morgan fingerprint density at radius 3 is 2.70 bits per heavy atom. The number of fused-ring (bicyclic) bond motifs is 1. The van der Waals surface area contributed by atoms with Crippen molar-refractivity contribution in [3.05, 3.63) is 23.8 Å². The van der Waals surface area contributed by atoms with E-state index in [4.69, 9.17) is 9.47 Å². The van der Waals surface area contributed by atoms with Gasteiger partial charge in [-0.05, 0) is 42.4 Å². The molecule has 0 saturated heterocycles. The highest BCUT2D eigenvalue weighted by Gasteiger charge is 2.40. The Bertz CT molecular complexity index is 454. The lowest BCUT2D eigenvalue weighted by atomic mass is 10.0. The van der Waals surface area contributed by atoms with Crippen molar-refractivity contribution >= 4 is 0 Å². The molecule has 0 spiro atoms. The van der Waals surface area contributed by atoms with E-state index >= 15 is 0 Å². The van der Waals surface area contributed by atoms with Crippen molar-refractivity contribution in [2.45, 2.75) is 45.6 Å². The van der Waals surface area contributed by atoms with Crippen molar-refractivity contribution < 1.29 is 9.47 Å². The first-order valence-electron chi connectivity index (χ1n) is 7.91. The highest BCUT2D eigenvalue weighted by molar-refractivity contribution is 5.43. The van der Waals surface area contributed by atoms with Gasteiger partial charge < -0.3 is 14.8 Å². The smallest absolute Gasteiger partial charge is 0.161 e. The van der Waals surface area contributed by atoms with Gasteiger partial charge in [0.25, 0.3) is 0 Å². The van der Waals surface area contributed by atoms with Crippen molar-refractivity contribution in [3.8, 4) is 11.5 Å². The van der Waals surface area contributed by atoms with E-state index in [9.17, 15) is 0 Å². The van der Waals surface area contributed by atoms with Gasteiger partial charge in [-0.3, -0.25) is 0 Å². The molecule has 1 saturated carbocycles. The minimum Gasteiger partial charge on any atom is -0.490 e. The number of hydrogen-bond donors (Lipinski definition) is 1. The molecule has 1 heterocycles. The number of benzene rings is 1. The largest absolute Gasteiger partial charge is 0.490 e. The summed E-state index contributed by atoms with van der Waals surface area (Å²) in [5.74, 6) is 1.78. The van der Waals surface area contributed by atoms with Gasteiger partial charge in [-0.25, -0.2) is 0 Å². The van der Waals surface area contributed by atoms with Gasteiger partial charge in [0, 0.05) is 19.5 Å². The normalized spacial score (nSPS) is 19.4. The lowest BCUT2D eigenvalue weighted by Gasteiger charge is -2.15. The molecule has 0 radical (unpaired) electrons. The molecule has 0 bridgehead atoms. The van der Waals surface area contributed by atoms with Crippen LogP contribution in [0.25, 0.3) is 0 Å². The Balaban J connectivity index is 1.54. The van der Waals surface area contributed by atoms with E-state index in [0.717, 1.165) is 44.2 Å². The van der Waals surface area contributed by atoms with Crippen LogP contribution in [0.1, 0.15) is 44.6 Å². The molecule has 1 aliphatic carbocycles. The summed E-state index contributed by atoms with van der Waals surface area (Å²) in [6.45, 7) is 5.86. The average molecular weight is 275 g/mol. The second-order valence-electron chi connectivity index (χ2n) is 6.19. The lowest BCUT2D eigenvalue weighted by Crippen LogP contribution is -2.23. The minimum atomic E-state index is 0.611. The summed E-state index contributed by atoms with van der Waals surface area (Å²) in [5, 5.41) is 3.62. The summed E-state index contributed by atoms with van der Waals surface area (Å²) in [6, 6.07) is 6.30. The van der Waals surface area contributed by atoms with Crippen LogP contribution in [0.2, 0.25) is 0 Å². The summed E-state index contributed by atoms with van der Waals surface area (Å²) < 4.78 is 11.4. The zero-order valence-electron chi connectivity index (χ0n) is 12.4. The Kier molecular flexibility index (Phi) is 4.16. The first kappa shape index (κ1) is 13.7. The monoisotopic (exact) mass is 275 g/mol. The number of hydrogen-bond acceptors (Lipinski definition) is 3. The zero-order chi connectivity index (χ0) is 13.8. The van der Waals surface area contributed by atoms with E-state index in [2.05, 4.69) is 24.4 Å². The molecular weight excluding hydrogens is 250 g/mol. The quantitative estimate of drug-likeness (QED) is 0.861. The predicted molar refractivity (Wildman–Crippen MR) is 80.3 cm³/mol. The number of rotatable bonds is 6. The van der Waals surface area contributed by atoms with Crippen molar-refractivity contribution in [1.82, 2.24) is 5.32 Å². The van der Waals surface area contributed by atoms with Crippen LogP contribution in [-0.4, -0.2) is 19.8 Å². The SMILES string of the molecule is CCCC1(CNCc2ccc3c(c2)OCCCO3)CC1. The van der Waals surface area contributed by atoms with Crippen LogP contribution in [0.5, 0.6) is 11.5 Å². The van der Waals surface area contributed by atoms with Crippen LogP contribution in [0.15, 0.2) is 18.2 Å². The molecule has 1 fully saturated rings. The molecule has 1 N–H and O–H groups in total. The van der Waals surface area contributed by atoms with E-state index in [-0.39, 0.29) is 0 Å². The van der Waals surface area contributed by atoms with Crippen molar-refractivity contribution in [2.24, 2.45) is 5.41 Å². The molecule has 3 heteroatoms. The first-order valence-corrected chi connectivity index (χ1v) is 7.91. The fourth-order valence-electron chi connectivity index (χ4n) is 3.01. The van der Waals surface area contributed by atoms with Crippen molar-refractivity contribution in [2.75, 3.05) is 19.8 Å². The highest BCUT2D eigenvalue weighted by atomic mass is 16.5. The van der Waals surface area contributed by atoms with Crippen LogP contribution in [0.4, 0.5) is 0 Å². The molecule has 0 amide bonds. The average Bonchev–Trinajstić information content (AvgIpc) is 3.23. The van der Waals surface area contributed by atoms with Gasteiger partial charge in [0.2, 0.25) is 0 Å². The molecule has 1 aliphatic heterocycles. The summed E-state index contributed by atoms with van der Waals surface area (Å²) in [7, 11) is 0. The molecule has 0 atom stereocenters. The first-order chi connectivity index (χ1) is 9.81. The molecule has 2 aliphatic rings. The maximum Gasteiger partial charge on any atom is 0.161 e. The fourth-order valence-corrected chi connectivity index (χ4v) is 3.01. The second-order valence-corrected chi connectivity index (χ2v) is 6.19. The Hall–Kier alpha value is -1.22. The summed E-state index contributed by atoms with van der Waals surface area (Å²) in [5.41, 5.74) is 1.89. The van der Waals surface area contributed by atoms with E-state index in [1.165, 1.54) is 31.2 Å². The number of nitrogens with one attached hydrogen (secondary N) is 1. The molecular formula is C17H25NO2. The van der Waals surface area contributed by atoms with Gasteiger partial charge in [-0.15, -0.1) is 0 Å². The molecule has 1 aromatic carbocycles. The second kappa shape index (κ2) is 6.04. The molecule has 3 nitrogen and oxygen atoms in total. The van der Waals surface area contributed by atoms with Crippen molar-refractivity contribution in [1.29, 1.82) is 0 Å². The third kappa shape index (κ3) is 3.26. The van der Waals surface area contributed by atoms with Crippen LogP contribution < -0.4 is 14.8 Å². The molecule has 0 aromatic heterocycles. The lowest BCUT2D eigenvalue weighted by molar-refractivity contribution is 0.297. The standard InChI is InChI=1S/C17H25NO2/c1-2-6-17(7-8-17)13-18-12-14-4-5-15-16(11-14)20-10-3-9-19-15/h4-5,11,18H,2-3,6-10,12-13H2,1H3. The highest BCUT2D eigenvalue weighted by Crippen LogP contribution is 2.48. The van der Waals surface area contributed by atoms with E-state index in [1.54, 1.807) is 0 Å². The number of ether oxygens (including phenoxy) is 2. The van der Waals surface area contributed by atoms with Gasteiger partial charge in [-0.1, -0.05) is 19.4 Å². The molecule has 3 rings (SSSR count). The third-order valence-corrected chi connectivity index (χ3v) is 4.38. The Morgan fingerprint density at radius 2 is 1.95 bits per heavy atom. The van der Waals surface area contributed by atoms with Crippen molar-refractivity contribution in [3.63, 3.8) is 0 Å². The maximum absolute atomic E-state index is 5.73. The minimum absolute atomic E-state index is 0.611.